The van der Waals surface area contributed by atoms with Gasteiger partial charge in [-0.25, -0.2) is 0 Å². The molecule has 0 aromatic carbocycles. The minimum Gasteiger partial charge on any atom is -0.282 e. The highest BCUT2D eigenvalue weighted by Crippen LogP contribution is 2.34. The lowest BCUT2D eigenvalue weighted by Gasteiger charge is -2.14. The van der Waals surface area contributed by atoms with Gasteiger partial charge >= 0.3 is 0 Å². The number of hydrogen-bond acceptors (Lipinski definition) is 2. The van der Waals surface area contributed by atoms with Gasteiger partial charge in [-0.15, -0.1) is 0 Å². The molecule has 0 N–H and O–H groups in total. The molecule has 2 rings (SSSR count). The summed E-state index contributed by atoms with van der Waals surface area (Å²) in [5.74, 6) is -0.112. The van der Waals surface area contributed by atoms with Crippen molar-refractivity contribution in [2.75, 3.05) is 6.54 Å². The summed E-state index contributed by atoms with van der Waals surface area (Å²) in [6.45, 7) is 2.74. The van der Waals surface area contributed by atoms with E-state index in [1.54, 1.807) is 0 Å². The number of likely N-dealkylation sites (tertiary alicyclic amines) is 1. The molecular weight excluding hydrogens is 202 g/mol. The fourth-order valence-corrected chi connectivity index (χ4v) is 2.59. The van der Waals surface area contributed by atoms with Crippen molar-refractivity contribution < 1.29 is 9.59 Å². The van der Waals surface area contributed by atoms with Crippen LogP contribution < -0.4 is 0 Å². The number of allylic oxidation sites excluding steroid dienone is 1. The molecule has 2 atom stereocenters. The fraction of sp³-hybridized carbons (Fsp3) is 0.692. The molecule has 0 aromatic heterocycles. The third kappa shape index (κ3) is 1.91. The number of amides is 2. The van der Waals surface area contributed by atoms with E-state index in [0.717, 1.165) is 32.1 Å². The molecule has 88 valence electrons. The number of unbranched alkanes of at least 4 members (excludes halogenated alkanes) is 2. The Balaban J connectivity index is 2.02. The van der Waals surface area contributed by atoms with Crippen LogP contribution in [0, 0.1) is 11.8 Å². The number of imide groups is 1. The predicted molar refractivity (Wildman–Crippen MR) is 61.6 cm³/mol. The van der Waals surface area contributed by atoms with E-state index in [4.69, 9.17) is 0 Å². The Morgan fingerprint density at radius 1 is 1.31 bits per heavy atom. The highest BCUT2D eigenvalue weighted by molar-refractivity contribution is 6.06. The van der Waals surface area contributed by atoms with Gasteiger partial charge in [-0.1, -0.05) is 31.9 Å². The lowest BCUT2D eigenvalue weighted by molar-refractivity contribution is -0.139. The van der Waals surface area contributed by atoms with Crippen molar-refractivity contribution in [3.63, 3.8) is 0 Å². The van der Waals surface area contributed by atoms with Gasteiger partial charge in [0.15, 0.2) is 0 Å². The molecule has 1 aliphatic carbocycles. The Labute approximate surface area is 96.5 Å². The van der Waals surface area contributed by atoms with E-state index < -0.39 is 0 Å². The number of rotatable bonds is 4. The van der Waals surface area contributed by atoms with Crippen molar-refractivity contribution in [2.45, 2.75) is 39.0 Å². The lowest BCUT2D eigenvalue weighted by Crippen LogP contribution is -2.31. The molecule has 1 saturated heterocycles. The summed E-state index contributed by atoms with van der Waals surface area (Å²) >= 11 is 0. The van der Waals surface area contributed by atoms with Gasteiger partial charge in [0.05, 0.1) is 11.8 Å². The average Bonchev–Trinajstić information content (AvgIpc) is 2.55. The maximum absolute atomic E-state index is 12.0. The maximum Gasteiger partial charge on any atom is 0.236 e. The van der Waals surface area contributed by atoms with E-state index in [-0.39, 0.29) is 23.7 Å². The summed E-state index contributed by atoms with van der Waals surface area (Å²) in [5, 5.41) is 0. The summed E-state index contributed by atoms with van der Waals surface area (Å²) in [7, 11) is 0. The van der Waals surface area contributed by atoms with Crippen molar-refractivity contribution in [2.24, 2.45) is 11.8 Å². The third-order valence-corrected chi connectivity index (χ3v) is 3.54. The van der Waals surface area contributed by atoms with Gasteiger partial charge < -0.3 is 0 Å². The highest BCUT2D eigenvalue weighted by Gasteiger charge is 2.46. The first kappa shape index (κ1) is 11.4. The number of fused-ring (bicyclic) bond motifs is 1. The van der Waals surface area contributed by atoms with Gasteiger partial charge in [0.2, 0.25) is 11.8 Å². The van der Waals surface area contributed by atoms with Crippen LogP contribution in [0.2, 0.25) is 0 Å². The first-order valence-corrected chi connectivity index (χ1v) is 6.27. The molecule has 3 heteroatoms. The van der Waals surface area contributed by atoms with E-state index in [1.165, 1.54) is 4.90 Å². The molecule has 1 fully saturated rings. The van der Waals surface area contributed by atoms with E-state index in [9.17, 15) is 9.59 Å². The van der Waals surface area contributed by atoms with Crippen molar-refractivity contribution in [3.05, 3.63) is 12.2 Å². The predicted octanol–water partition coefficient (Wildman–Crippen LogP) is 2.13. The van der Waals surface area contributed by atoms with Crippen LogP contribution in [0.4, 0.5) is 0 Å². The average molecular weight is 221 g/mol. The molecular formula is C13H19NO2. The maximum atomic E-state index is 12.0. The van der Waals surface area contributed by atoms with Crippen LogP contribution in [-0.2, 0) is 9.59 Å². The smallest absolute Gasteiger partial charge is 0.236 e. The molecule has 3 nitrogen and oxygen atoms in total. The molecule has 16 heavy (non-hydrogen) atoms. The van der Waals surface area contributed by atoms with Crippen LogP contribution in [0.5, 0.6) is 0 Å². The summed E-state index contributed by atoms with van der Waals surface area (Å²) in [4.78, 5) is 25.5. The normalized spacial score (nSPS) is 28.7. The standard InChI is InChI=1S/C13H19NO2/c1-2-3-6-9-14-12(15)10-7-4-5-8-11(10)13(14)16/h4,7,10-11H,2-3,5-6,8-9H2,1H3. The monoisotopic (exact) mass is 221 g/mol. The van der Waals surface area contributed by atoms with Gasteiger partial charge in [0.25, 0.3) is 0 Å². The van der Waals surface area contributed by atoms with Gasteiger partial charge in [-0.3, -0.25) is 14.5 Å². The minimum atomic E-state index is -0.150. The second-order valence-electron chi connectivity index (χ2n) is 4.67. The van der Waals surface area contributed by atoms with Gasteiger partial charge in [-0.05, 0) is 19.3 Å². The molecule has 1 aliphatic heterocycles. The second-order valence-corrected chi connectivity index (χ2v) is 4.67. The van der Waals surface area contributed by atoms with Crippen molar-refractivity contribution in [1.29, 1.82) is 0 Å². The van der Waals surface area contributed by atoms with Crippen LogP contribution in [0.15, 0.2) is 12.2 Å². The first-order valence-electron chi connectivity index (χ1n) is 6.27. The number of nitrogens with zero attached hydrogens (tertiary/aromatic N) is 1. The second kappa shape index (κ2) is 4.81. The first-order chi connectivity index (χ1) is 7.75. The van der Waals surface area contributed by atoms with Gasteiger partial charge in [0, 0.05) is 6.54 Å². The lowest BCUT2D eigenvalue weighted by atomic mass is 9.86. The van der Waals surface area contributed by atoms with E-state index in [2.05, 4.69) is 6.92 Å². The Morgan fingerprint density at radius 3 is 2.81 bits per heavy atom. The molecule has 2 aliphatic rings. The number of carbonyl (C=O) groups is 2. The quantitative estimate of drug-likeness (QED) is 0.414. The van der Waals surface area contributed by atoms with E-state index in [0.29, 0.717) is 6.54 Å². The molecule has 1 heterocycles. The molecule has 0 saturated carbocycles. The summed E-state index contributed by atoms with van der Waals surface area (Å²) in [6.07, 6.45) is 8.87. The fourth-order valence-electron chi connectivity index (χ4n) is 2.59. The molecule has 0 spiro atoms. The SMILES string of the molecule is CCCCCN1C(=O)C2C=CCCC2C1=O. The zero-order valence-electron chi connectivity index (χ0n) is 9.82. The molecule has 0 aromatic rings. The van der Waals surface area contributed by atoms with Crippen LogP contribution >= 0.6 is 0 Å². The number of carbonyl (C=O) groups excluding carboxylic acids is 2. The highest BCUT2D eigenvalue weighted by atomic mass is 16.2. The zero-order chi connectivity index (χ0) is 11.5. The zero-order valence-corrected chi connectivity index (χ0v) is 9.82. The van der Waals surface area contributed by atoms with E-state index in [1.807, 2.05) is 12.2 Å². The molecule has 2 amide bonds. The number of hydrogen-bond donors (Lipinski definition) is 0. The van der Waals surface area contributed by atoms with E-state index >= 15 is 0 Å². The summed E-state index contributed by atoms with van der Waals surface area (Å²) in [5.41, 5.74) is 0. The van der Waals surface area contributed by atoms with Crippen LogP contribution in [-0.4, -0.2) is 23.3 Å². The Morgan fingerprint density at radius 2 is 2.12 bits per heavy atom. The van der Waals surface area contributed by atoms with Gasteiger partial charge in [-0.2, -0.15) is 0 Å². The van der Waals surface area contributed by atoms with Crippen LogP contribution in [0.1, 0.15) is 39.0 Å². The van der Waals surface area contributed by atoms with Crippen molar-refractivity contribution in [3.8, 4) is 0 Å². The summed E-state index contributed by atoms with van der Waals surface area (Å²) in [6, 6.07) is 0. The Bertz CT molecular complexity index is 322. The van der Waals surface area contributed by atoms with Crippen LogP contribution in [0.25, 0.3) is 0 Å². The topological polar surface area (TPSA) is 37.4 Å². The van der Waals surface area contributed by atoms with Gasteiger partial charge in [0.1, 0.15) is 0 Å². The van der Waals surface area contributed by atoms with Crippen LogP contribution in [0.3, 0.4) is 0 Å². The Kier molecular flexibility index (Phi) is 3.42. The molecule has 0 bridgehead atoms. The molecule has 2 unspecified atom stereocenters. The van der Waals surface area contributed by atoms with Crippen molar-refractivity contribution >= 4 is 11.8 Å². The summed E-state index contributed by atoms with van der Waals surface area (Å²) < 4.78 is 0. The minimum absolute atomic E-state index is 0.0297. The molecule has 0 radical (unpaired) electrons. The Hall–Kier alpha value is -1.12. The van der Waals surface area contributed by atoms with Crippen molar-refractivity contribution in [1.82, 2.24) is 4.90 Å². The third-order valence-electron chi connectivity index (χ3n) is 3.54. The largest absolute Gasteiger partial charge is 0.282 e.